The molecule has 0 aliphatic carbocycles. The Hall–Kier alpha value is -1.10. The van der Waals surface area contributed by atoms with Gasteiger partial charge in [0.25, 0.3) is 0 Å². The van der Waals surface area contributed by atoms with E-state index in [-0.39, 0.29) is 11.7 Å². The van der Waals surface area contributed by atoms with E-state index in [9.17, 15) is 9.18 Å². The van der Waals surface area contributed by atoms with Gasteiger partial charge in [0.05, 0.1) is 12.4 Å². The zero-order valence-corrected chi connectivity index (χ0v) is 8.51. The van der Waals surface area contributed by atoms with Gasteiger partial charge in [0.2, 0.25) is 5.95 Å². The Bertz CT molecular complexity index is 319. The van der Waals surface area contributed by atoms with Crippen molar-refractivity contribution in [2.45, 2.75) is 11.8 Å². The lowest BCUT2D eigenvalue weighted by molar-refractivity contribution is -0.139. The molecule has 0 N–H and O–H groups in total. The topological polar surface area (TPSA) is 39.2 Å². The van der Waals surface area contributed by atoms with Crippen molar-refractivity contribution in [1.29, 1.82) is 0 Å². The molecule has 76 valence electrons. The number of thioether (sulfide) groups is 1. The van der Waals surface area contributed by atoms with Crippen LogP contribution in [0.2, 0.25) is 0 Å². The predicted octanol–water partition coefficient (Wildman–Crippen LogP) is 1.88. The first-order valence-corrected chi connectivity index (χ1v) is 5.11. The van der Waals surface area contributed by atoms with E-state index in [2.05, 4.69) is 4.98 Å². The molecule has 0 aromatic carbocycles. The van der Waals surface area contributed by atoms with Crippen LogP contribution in [0.25, 0.3) is 0 Å². The number of hydrogen-bond acceptors (Lipinski definition) is 4. The van der Waals surface area contributed by atoms with Gasteiger partial charge >= 0.3 is 5.97 Å². The van der Waals surface area contributed by atoms with E-state index in [1.807, 2.05) is 0 Å². The van der Waals surface area contributed by atoms with Crippen molar-refractivity contribution in [2.24, 2.45) is 0 Å². The second-order valence-corrected chi connectivity index (χ2v) is 3.46. The van der Waals surface area contributed by atoms with Gasteiger partial charge in [-0.3, -0.25) is 4.79 Å². The molecule has 0 atom stereocenters. The molecular formula is C9H10FNO2S. The van der Waals surface area contributed by atoms with E-state index >= 15 is 0 Å². The smallest absolute Gasteiger partial charge is 0.316 e. The van der Waals surface area contributed by atoms with Gasteiger partial charge in [-0.15, -0.1) is 11.8 Å². The largest absolute Gasteiger partial charge is 0.465 e. The summed E-state index contributed by atoms with van der Waals surface area (Å²) < 4.78 is 17.3. The zero-order valence-electron chi connectivity index (χ0n) is 7.70. The molecule has 5 heteroatoms. The fraction of sp³-hybridized carbons (Fsp3) is 0.333. The number of halogens is 1. The highest BCUT2D eigenvalue weighted by Crippen LogP contribution is 2.17. The number of rotatable bonds is 4. The Balaban J connectivity index is 2.41. The molecule has 1 rings (SSSR count). The van der Waals surface area contributed by atoms with Crippen LogP contribution in [0.4, 0.5) is 4.39 Å². The normalized spacial score (nSPS) is 9.86. The van der Waals surface area contributed by atoms with Crippen molar-refractivity contribution in [3.63, 3.8) is 0 Å². The maximum atomic E-state index is 12.6. The lowest BCUT2D eigenvalue weighted by atomic mass is 10.5. The van der Waals surface area contributed by atoms with E-state index in [1.165, 1.54) is 24.0 Å². The van der Waals surface area contributed by atoms with Crippen LogP contribution in [0, 0.1) is 5.95 Å². The minimum absolute atomic E-state index is 0.192. The molecule has 0 spiro atoms. The van der Waals surface area contributed by atoms with Gasteiger partial charge in [-0.05, 0) is 13.0 Å². The maximum Gasteiger partial charge on any atom is 0.316 e. The summed E-state index contributed by atoms with van der Waals surface area (Å²) in [5.41, 5.74) is 0. The standard InChI is InChI=1S/C9H10FNO2S/c1-2-13-9(12)6-14-7-3-4-11-8(10)5-7/h3-5H,2,6H2,1H3. The van der Waals surface area contributed by atoms with Crippen molar-refractivity contribution >= 4 is 17.7 Å². The second kappa shape index (κ2) is 5.59. The summed E-state index contributed by atoms with van der Waals surface area (Å²) in [6.45, 7) is 2.11. The Morgan fingerprint density at radius 1 is 1.71 bits per heavy atom. The SMILES string of the molecule is CCOC(=O)CSc1ccnc(F)c1. The van der Waals surface area contributed by atoms with Gasteiger partial charge in [-0.25, -0.2) is 4.98 Å². The minimum Gasteiger partial charge on any atom is -0.465 e. The quantitative estimate of drug-likeness (QED) is 0.436. The Labute approximate surface area is 85.7 Å². The van der Waals surface area contributed by atoms with Gasteiger partial charge in [0.15, 0.2) is 0 Å². The van der Waals surface area contributed by atoms with Crippen LogP contribution in [-0.4, -0.2) is 23.3 Å². The third kappa shape index (κ3) is 3.74. The lowest BCUT2D eigenvalue weighted by Crippen LogP contribution is -2.06. The van der Waals surface area contributed by atoms with Gasteiger partial charge in [-0.1, -0.05) is 0 Å². The van der Waals surface area contributed by atoms with Gasteiger partial charge in [-0.2, -0.15) is 4.39 Å². The Morgan fingerprint density at radius 2 is 2.50 bits per heavy atom. The van der Waals surface area contributed by atoms with Crippen molar-refractivity contribution in [1.82, 2.24) is 4.98 Å². The second-order valence-electron chi connectivity index (χ2n) is 2.41. The number of aromatic nitrogens is 1. The van der Waals surface area contributed by atoms with Gasteiger partial charge in [0, 0.05) is 17.2 Å². The summed E-state index contributed by atoms with van der Waals surface area (Å²) >= 11 is 1.23. The molecule has 0 fully saturated rings. The zero-order chi connectivity index (χ0) is 10.4. The molecule has 0 aliphatic rings. The Morgan fingerprint density at radius 3 is 3.14 bits per heavy atom. The molecular weight excluding hydrogens is 205 g/mol. The molecule has 0 saturated heterocycles. The molecule has 0 aliphatic heterocycles. The number of carbonyl (C=O) groups excluding carboxylic acids is 1. The van der Waals surface area contributed by atoms with Crippen LogP contribution in [0.5, 0.6) is 0 Å². The van der Waals surface area contributed by atoms with Crippen LogP contribution in [0.1, 0.15) is 6.92 Å². The third-order valence-electron chi connectivity index (χ3n) is 1.36. The number of esters is 1. The van der Waals surface area contributed by atoms with Crippen LogP contribution >= 0.6 is 11.8 Å². The summed E-state index contributed by atoms with van der Waals surface area (Å²) in [5.74, 6) is -0.648. The molecule has 1 aromatic heterocycles. The number of carbonyl (C=O) groups is 1. The molecule has 14 heavy (non-hydrogen) atoms. The van der Waals surface area contributed by atoms with Crippen LogP contribution in [0.15, 0.2) is 23.2 Å². The van der Waals surface area contributed by atoms with Crippen molar-refractivity contribution in [3.05, 3.63) is 24.3 Å². The fourth-order valence-electron chi connectivity index (χ4n) is 0.819. The fourth-order valence-corrected chi connectivity index (χ4v) is 1.52. The molecule has 0 saturated carbocycles. The average molecular weight is 215 g/mol. The summed E-state index contributed by atoms with van der Waals surface area (Å²) in [7, 11) is 0. The van der Waals surface area contributed by atoms with E-state index in [1.54, 1.807) is 13.0 Å². The molecule has 0 bridgehead atoms. The van der Waals surface area contributed by atoms with Crippen molar-refractivity contribution in [3.8, 4) is 0 Å². The van der Waals surface area contributed by atoms with Crippen LogP contribution in [0.3, 0.4) is 0 Å². The monoisotopic (exact) mass is 215 g/mol. The first kappa shape index (κ1) is 11.0. The highest BCUT2D eigenvalue weighted by atomic mass is 32.2. The molecule has 3 nitrogen and oxygen atoms in total. The van der Waals surface area contributed by atoms with E-state index in [4.69, 9.17) is 4.74 Å². The van der Waals surface area contributed by atoms with Gasteiger partial charge < -0.3 is 4.74 Å². The number of nitrogens with zero attached hydrogens (tertiary/aromatic N) is 1. The summed E-state index contributed by atoms with van der Waals surface area (Å²) in [4.78, 5) is 15.0. The molecule has 0 amide bonds. The maximum absolute atomic E-state index is 12.6. The van der Waals surface area contributed by atoms with E-state index in [0.717, 1.165) is 0 Å². The minimum atomic E-state index is -0.543. The highest BCUT2D eigenvalue weighted by Gasteiger charge is 2.03. The first-order chi connectivity index (χ1) is 6.72. The average Bonchev–Trinajstić information content (AvgIpc) is 2.15. The van der Waals surface area contributed by atoms with Gasteiger partial charge in [0.1, 0.15) is 0 Å². The summed E-state index contributed by atoms with van der Waals surface area (Å²) in [6.07, 6.45) is 1.36. The number of hydrogen-bond donors (Lipinski definition) is 0. The molecule has 0 unspecified atom stereocenters. The molecule has 1 heterocycles. The summed E-state index contributed by atoms with van der Waals surface area (Å²) in [6, 6.07) is 2.93. The number of ether oxygens (including phenoxy) is 1. The summed E-state index contributed by atoms with van der Waals surface area (Å²) in [5, 5.41) is 0. The molecule has 0 radical (unpaired) electrons. The Kier molecular flexibility index (Phi) is 4.39. The van der Waals surface area contributed by atoms with Crippen LogP contribution in [-0.2, 0) is 9.53 Å². The van der Waals surface area contributed by atoms with E-state index in [0.29, 0.717) is 11.5 Å². The number of pyridine rings is 1. The predicted molar refractivity (Wildman–Crippen MR) is 51.6 cm³/mol. The lowest BCUT2D eigenvalue weighted by Gasteiger charge is -2.01. The third-order valence-corrected chi connectivity index (χ3v) is 2.33. The highest BCUT2D eigenvalue weighted by molar-refractivity contribution is 8.00. The molecule has 1 aromatic rings. The van der Waals surface area contributed by atoms with Crippen molar-refractivity contribution in [2.75, 3.05) is 12.4 Å². The van der Waals surface area contributed by atoms with E-state index < -0.39 is 5.95 Å². The first-order valence-electron chi connectivity index (χ1n) is 4.12. The van der Waals surface area contributed by atoms with Crippen molar-refractivity contribution < 1.29 is 13.9 Å². The van der Waals surface area contributed by atoms with Crippen LogP contribution < -0.4 is 0 Å².